The molecule has 0 saturated heterocycles. The van der Waals surface area contributed by atoms with Gasteiger partial charge < -0.3 is 14.6 Å². The van der Waals surface area contributed by atoms with Crippen molar-refractivity contribution in [1.82, 2.24) is 0 Å². The number of carbonyl (C=O) groups excluding carboxylic acids is 1. The molecule has 0 fully saturated rings. The van der Waals surface area contributed by atoms with E-state index in [1.807, 2.05) is 18.2 Å². The number of hydrogen-bond donors (Lipinski definition) is 1. The van der Waals surface area contributed by atoms with Gasteiger partial charge in [-0.25, -0.2) is 0 Å². The van der Waals surface area contributed by atoms with Crippen LogP contribution in [0.3, 0.4) is 0 Å². The molecule has 1 N–H and O–H groups in total. The fourth-order valence-electron chi connectivity index (χ4n) is 2.44. The van der Waals surface area contributed by atoms with Crippen molar-refractivity contribution in [1.29, 1.82) is 0 Å². The van der Waals surface area contributed by atoms with Crippen molar-refractivity contribution in [3.05, 3.63) is 29.3 Å². The van der Waals surface area contributed by atoms with Crippen LogP contribution >= 0.6 is 0 Å². The van der Waals surface area contributed by atoms with Gasteiger partial charge in [-0.2, -0.15) is 0 Å². The van der Waals surface area contributed by atoms with Crippen molar-refractivity contribution in [3.63, 3.8) is 0 Å². The van der Waals surface area contributed by atoms with Gasteiger partial charge in [0.2, 0.25) is 0 Å². The van der Waals surface area contributed by atoms with Crippen LogP contribution in [0.5, 0.6) is 5.75 Å². The second-order valence-corrected chi connectivity index (χ2v) is 5.93. The predicted molar refractivity (Wildman–Crippen MR) is 75.6 cm³/mol. The summed E-state index contributed by atoms with van der Waals surface area (Å²) in [5.74, 6) is 0.386. The predicted octanol–water partition coefficient (Wildman–Crippen LogP) is 2.63. The molecule has 0 amide bonds. The highest BCUT2D eigenvalue weighted by atomic mass is 16.5. The van der Waals surface area contributed by atoms with E-state index < -0.39 is 11.5 Å². The first-order valence-corrected chi connectivity index (χ1v) is 6.96. The first-order chi connectivity index (χ1) is 9.44. The molecule has 0 radical (unpaired) electrons. The fraction of sp³-hybridized carbons (Fsp3) is 0.562. The number of aliphatic hydroxyl groups is 1. The molecule has 0 spiro atoms. The van der Waals surface area contributed by atoms with Gasteiger partial charge in [-0.3, -0.25) is 4.79 Å². The number of esters is 1. The van der Waals surface area contributed by atoms with E-state index in [0.29, 0.717) is 5.75 Å². The minimum atomic E-state index is -0.691. The molecule has 110 valence electrons. The number of carbonyl (C=O) groups is 1. The van der Waals surface area contributed by atoms with Gasteiger partial charge in [-0.05, 0) is 56.4 Å². The van der Waals surface area contributed by atoms with Crippen molar-refractivity contribution in [2.45, 2.75) is 39.2 Å². The van der Waals surface area contributed by atoms with Gasteiger partial charge in [0.05, 0.1) is 18.6 Å². The van der Waals surface area contributed by atoms with E-state index in [-0.39, 0.29) is 12.6 Å². The van der Waals surface area contributed by atoms with Gasteiger partial charge in [-0.15, -0.1) is 0 Å². The lowest BCUT2D eigenvalue weighted by atomic mass is 9.89. The Bertz CT molecular complexity index is 493. The molecule has 1 aromatic rings. The second-order valence-electron chi connectivity index (χ2n) is 5.93. The molecule has 1 atom stereocenters. The number of ether oxygens (including phenoxy) is 2. The molecule has 4 heteroatoms. The van der Waals surface area contributed by atoms with Crippen LogP contribution in [0, 0.1) is 5.41 Å². The van der Waals surface area contributed by atoms with Crippen molar-refractivity contribution in [2.24, 2.45) is 5.41 Å². The molecule has 1 aliphatic carbocycles. The molecule has 0 aliphatic heterocycles. The van der Waals surface area contributed by atoms with Crippen LogP contribution in [-0.2, 0) is 16.0 Å². The molecular weight excluding hydrogens is 256 g/mol. The molecular formula is C16H22O4. The largest absolute Gasteiger partial charge is 0.492 e. The van der Waals surface area contributed by atoms with E-state index in [1.165, 1.54) is 12.7 Å². The van der Waals surface area contributed by atoms with Crippen molar-refractivity contribution in [2.75, 3.05) is 13.7 Å². The third-order valence-corrected chi connectivity index (χ3v) is 3.74. The molecule has 0 saturated carbocycles. The summed E-state index contributed by atoms with van der Waals surface area (Å²) >= 11 is 0. The third-order valence-electron chi connectivity index (χ3n) is 3.74. The van der Waals surface area contributed by atoms with Crippen LogP contribution in [0.25, 0.3) is 0 Å². The summed E-state index contributed by atoms with van der Waals surface area (Å²) in [6.45, 7) is 3.81. The summed E-state index contributed by atoms with van der Waals surface area (Å²) in [6, 6.07) is 5.77. The fourth-order valence-corrected chi connectivity index (χ4v) is 2.44. The summed E-state index contributed by atoms with van der Waals surface area (Å²) in [5.41, 5.74) is 1.44. The van der Waals surface area contributed by atoms with Gasteiger partial charge in [0.15, 0.2) is 0 Å². The zero-order chi connectivity index (χ0) is 14.8. The molecule has 0 heterocycles. The number of rotatable bonds is 4. The lowest BCUT2D eigenvalue weighted by Crippen LogP contribution is -2.32. The molecule has 4 nitrogen and oxygen atoms in total. The van der Waals surface area contributed by atoms with Gasteiger partial charge in [0.25, 0.3) is 0 Å². The minimum Gasteiger partial charge on any atom is -0.492 e. The number of methoxy groups -OCH3 is 1. The third kappa shape index (κ3) is 3.12. The number of hydrogen-bond acceptors (Lipinski definition) is 4. The molecule has 1 unspecified atom stereocenters. The first kappa shape index (κ1) is 14.9. The van der Waals surface area contributed by atoms with Crippen LogP contribution < -0.4 is 4.74 Å². The Hall–Kier alpha value is -1.55. The molecule has 20 heavy (non-hydrogen) atoms. The molecule has 0 bridgehead atoms. The van der Waals surface area contributed by atoms with E-state index >= 15 is 0 Å². The van der Waals surface area contributed by atoms with Gasteiger partial charge in [0.1, 0.15) is 12.4 Å². The summed E-state index contributed by atoms with van der Waals surface area (Å²) < 4.78 is 10.4. The Morgan fingerprint density at radius 1 is 1.45 bits per heavy atom. The maximum Gasteiger partial charge on any atom is 0.314 e. The Morgan fingerprint density at radius 3 is 2.90 bits per heavy atom. The number of fused-ring (bicyclic) bond motifs is 1. The van der Waals surface area contributed by atoms with Gasteiger partial charge in [0, 0.05) is 0 Å². The van der Waals surface area contributed by atoms with Crippen LogP contribution in [0.2, 0.25) is 0 Å². The normalized spacial score (nSPS) is 18.3. The maximum absolute atomic E-state index is 11.6. The van der Waals surface area contributed by atoms with Crippen molar-refractivity contribution >= 4 is 5.97 Å². The Labute approximate surface area is 119 Å². The molecule has 1 aromatic carbocycles. The topological polar surface area (TPSA) is 55.8 Å². The average Bonchev–Trinajstić information content (AvgIpc) is 2.45. The summed E-state index contributed by atoms with van der Waals surface area (Å²) in [6.07, 6.45) is 2.41. The maximum atomic E-state index is 11.6. The Kier molecular flexibility index (Phi) is 4.33. The summed E-state index contributed by atoms with van der Waals surface area (Å²) in [7, 11) is 1.37. The zero-order valence-corrected chi connectivity index (χ0v) is 12.3. The van der Waals surface area contributed by atoms with Crippen molar-refractivity contribution < 1.29 is 19.4 Å². The van der Waals surface area contributed by atoms with Gasteiger partial charge >= 0.3 is 5.97 Å². The Morgan fingerprint density at radius 2 is 2.20 bits per heavy atom. The monoisotopic (exact) mass is 278 g/mol. The van der Waals surface area contributed by atoms with E-state index in [4.69, 9.17) is 9.47 Å². The molecule has 0 aromatic heterocycles. The molecule has 2 rings (SSSR count). The average molecular weight is 278 g/mol. The highest BCUT2D eigenvalue weighted by molar-refractivity contribution is 5.75. The smallest absolute Gasteiger partial charge is 0.314 e. The number of aryl methyl sites for hydroxylation is 1. The lowest BCUT2D eigenvalue weighted by Gasteiger charge is -2.24. The van der Waals surface area contributed by atoms with E-state index in [9.17, 15) is 9.90 Å². The van der Waals surface area contributed by atoms with Crippen molar-refractivity contribution in [3.8, 4) is 5.75 Å². The second kappa shape index (κ2) is 5.83. The number of aliphatic hydroxyl groups excluding tert-OH is 1. The van der Waals surface area contributed by atoms with Crippen LogP contribution in [0.4, 0.5) is 0 Å². The van der Waals surface area contributed by atoms with E-state index in [1.54, 1.807) is 13.8 Å². The minimum absolute atomic E-state index is 0.245. The van der Waals surface area contributed by atoms with E-state index in [2.05, 4.69) is 0 Å². The highest BCUT2D eigenvalue weighted by Gasteiger charge is 2.30. The first-order valence-electron chi connectivity index (χ1n) is 6.96. The quantitative estimate of drug-likeness (QED) is 0.860. The Balaban J connectivity index is 2.08. The summed E-state index contributed by atoms with van der Waals surface area (Å²) in [4.78, 5) is 11.6. The lowest BCUT2D eigenvalue weighted by molar-refractivity contribution is -0.152. The van der Waals surface area contributed by atoms with Crippen LogP contribution in [-0.4, -0.2) is 24.8 Å². The van der Waals surface area contributed by atoms with Crippen LogP contribution in [0.1, 0.15) is 43.9 Å². The SMILES string of the molecule is COC(=O)C(C)(C)COc1ccc2c(c1)C(O)CCC2. The summed E-state index contributed by atoms with van der Waals surface area (Å²) in [5, 5.41) is 10.0. The van der Waals surface area contributed by atoms with E-state index in [0.717, 1.165) is 24.8 Å². The molecule has 1 aliphatic rings. The highest BCUT2D eigenvalue weighted by Crippen LogP contribution is 2.32. The standard InChI is InChI=1S/C16H22O4/c1-16(2,15(18)19-3)10-20-12-8-7-11-5-4-6-14(17)13(11)9-12/h7-9,14,17H,4-6,10H2,1-3H3. The zero-order valence-electron chi connectivity index (χ0n) is 12.3. The van der Waals surface area contributed by atoms with Crippen LogP contribution in [0.15, 0.2) is 18.2 Å². The number of benzene rings is 1. The van der Waals surface area contributed by atoms with Gasteiger partial charge in [-0.1, -0.05) is 6.07 Å².